The summed E-state index contributed by atoms with van der Waals surface area (Å²) in [6.07, 6.45) is 7.13. The highest BCUT2D eigenvalue weighted by Gasteiger charge is 2.21. The van der Waals surface area contributed by atoms with E-state index in [1.165, 1.54) is 0 Å². The second kappa shape index (κ2) is 8.97. The third kappa shape index (κ3) is 3.92. The van der Waals surface area contributed by atoms with Crippen LogP contribution in [0.25, 0.3) is 16.7 Å². The Morgan fingerprint density at radius 2 is 1.94 bits per heavy atom. The molecule has 5 rings (SSSR count). The van der Waals surface area contributed by atoms with Crippen LogP contribution < -0.4 is 5.32 Å². The van der Waals surface area contributed by atoms with Gasteiger partial charge >= 0.3 is 0 Å². The molecule has 3 aromatic heterocycles. The summed E-state index contributed by atoms with van der Waals surface area (Å²) < 4.78 is 4.16. The Balaban J connectivity index is 1.64. The summed E-state index contributed by atoms with van der Waals surface area (Å²) in [5, 5.41) is 14.4. The van der Waals surface area contributed by atoms with E-state index in [1.54, 1.807) is 6.20 Å². The van der Waals surface area contributed by atoms with Gasteiger partial charge in [-0.2, -0.15) is 5.26 Å². The monoisotopic (exact) mass is 454 g/mol. The number of para-hydroxylation sites is 2. The molecule has 164 valence electrons. The smallest absolute Gasteiger partial charge is 0.157 e. The summed E-state index contributed by atoms with van der Waals surface area (Å²) in [5.74, 6) is 0.959. The normalized spacial score (nSPS) is 11.2. The van der Waals surface area contributed by atoms with E-state index in [0.717, 1.165) is 58.1 Å². The molecule has 0 aliphatic carbocycles. The minimum Gasteiger partial charge on any atom is -0.371 e. The maximum Gasteiger partial charge on any atom is 0.157 e. The van der Waals surface area contributed by atoms with Crippen LogP contribution in [-0.2, 0) is 13.0 Å². The molecule has 6 nitrogen and oxygen atoms in total. The van der Waals surface area contributed by atoms with Crippen molar-refractivity contribution in [3.8, 4) is 6.07 Å². The third-order valence-corrected chi connectivity index (χ3v) is 6.37. The highest BCUT2D eigenvalue weighted by molar-refractivity contribution is 6.31. The fourth-order valence-electron chi connectivity index (χ4n) is 4.31. The standard InChI is InChI=1S/C26H23ClN6/c1-18-20(15-19-7-2-3-8-22(19)27)25(30-11-6-13-32-14-12-29-17-32)33-24-10-5-4-9-23(24)31-26(33)21(18)16-28/h2-5,7-10,12,14,17,30H,6,11,13,15H2,1H3. The fourth-order valence-corrected chi connectivity index (χ4v) is 4.51. The number of fused-ring (bicyclic) bond motifs is 3. The zero-order valence-corrected chi connectivity index (χ0v) is 19.0. The van der Waals surface area contributed by atoms with Gasteiger partial charge in [0.05, 0.1) is 22.9 Å². The molecule has 1 N–H and O–H groups in total. The number of nitriles is 1. The van der Waals surface area contributed by atoms with Crippen LogP contribution in [-0.4, -0.2) is 25.5 Å². The van der Waals surface area contributed by atoms with Crippen molar-refractivity contribution in [3.05, 3.63) is 94.5 Å². The van der Waals surface area contributed by atoms with Crippen molar-refractivity contribution in [1.29, 1.82) is 5.26 Å². The molecule has 3 heterocycles. The summed E-state index contributed by atoms with van der Waals surface area (Å²) in [4.78, 5) is 8.92. The zero-order chi connectivity index (χ0) is 22.8. The lowest BCUT2D eigenvalue weighted by Crippen LogP contribution is -2.14. The number of benzene rings is 2. The van der Waals surface area contributed by atoms with Crippen molar-refractivity contribution in [1.82, 2.24) is 18.9 Å². The molecule has 2 aromatic carbocycles. The molecular formula is C26H23ClN6. The highest BCUT2D eigenvalue weighted by atomic mass is 35.5. The number of imidazole rings is 2. The Morgan fingerprint density at radius 1 is 1.12 bits per heavy atom. The van der Waals surface area contributed by atoms with Crippen molar-refractivity contribution < 1.29 is 0 Å². The van der Waals surface area contributed by atoms with Crippen LogP contribution in [0, 0.1) is 18.3 Å². The molecule has 0 unspecified atom stereocenters. The van der Waals surface area contributed by atoms with Gasteiger partial charge in [-0.1, -0.05) is 41.9 Å². The topological polar surface area (TPSA) is 70.9 Å². The first-order valence-corrected chi connectivity index (χ1v) is 11.3. The second-order valence-electron chi connectivity index (χ2n) is 8.05. The van der Waals surface area contributed by atoms with Crippen LogP contribution >= 0.6 is 11.6 Å². The maximum absolute atomic E-state index is 10.0. The number of hydrogen-bond donors (Lipinski definition) is 1. The number of aromatic nitrogens is 4. The molecular weight excluding hydrogens is 432 g/mol. The SMILES string of the molecule is Cc1c(Cc2ccccc2Cl)c(NCCCn2ccnc2)n2c(nc3ccccc32)c1C#N. The molecule has 0 spiro atoms. The number of halogens is 1. The minimum absolute atomic E-state index is 0.595. The van der Waals surface area contributed by atoms with Crippen LogP contribution in [0.3, 0.4) is 0 Å². The molecule has 0 fully saturated rings. The number of hydrogen-bond acceptors (Lipinski definition) is 4. The quantitative estimate of drug-likeness (QED) is 0.324. The van der Waals surface area contributed by atoms with E-state index in [1.807, 2.05) is 68.0 Å². The Labute approximate surface area is 197 Å². The van der Waals surface area contributed by atoms with Crippen molar-refractivity contribution in [3.63, 3.8) is 0 Å². The van der Waals surface area contributed by atoms with E-state index < -0.39 is 0 Å². The molecule has 0 atom stereocenters. The van der Waals surface area contributed by atoms with Gasteiger partial charge in [0.2, 0.25) is 0 Å². The van der Waals surface area contributed by atoms with E-state index in [9.17, 15) is 5.26 Å². The van der Waals surface area contributed by atoms with Crippen LogP contribution in [0.2, 0.25) is 5.02 Å². The molecule has 0 aliphatic heterocycles. The van der Waals surface area contributed by atoms with Gasteiger partial charge in [0.25, 0.3) is 0 Å². The first-order valence-electron chi connectivity index (χ1n) is 10.9. The number of pyridine rings is 1. The summed E-state index contributed by atoms with van der Waals surface area (Å²) in [7, 11) is 0. The molecule has 0 bridgehead atoms. The van der Waals surface area contributed by atoms with E-state index >= 15 is 0 Å². The fraction of sp³-hybridized carbons (Fsp3) is 0.192. The van der Waals surface area contributed by atoms with Crippen molar-refractivity contribution in [2.24, 2.45) is 0 Å². The Morgan fingerprint density at radius 3 is 2.73 bits per heavy atom. The van der Waals surface area contributed by atoms with Gasteiger partial charge in [-0.15, -0.1) is 0 Å². The van der Waals surface area contributed by atoms with Crippen molar-refractivity contribution in [2.45, 2.75) is 26.3 Å². The number of rotatable bonds is 7. The number of aryl methyl sites for hydroxylation is 1. The molecule has 0 saturated heterocycles. The van der Waals surface area contributed by atoms with Gasteiger partial charge in [-0.25, -0.2) is 9.97 Å². The van der Waals surface area contributed by atoms with Crippen molar-refractivity contribution in [2.75, 3.05) is 11.9 Å². The van der Waals surface area contributed by atoms with Crippen LogP contribution in [0.4, 0.5) is 5.82 Å². The predicted molar refractivity (Wildman–Crippen MR) is 132 cm³/mol. The van der Waals surface area contributed by atoms with Crippen LogP contribution in [0.1, 0.15) is 28.7 Å². The summed E-state index contributed by atoms with van der Waals surface area (Å²) in [5.41, 5.74) is 6.12. The Kier molecular flexibility index (Phi) is 5.72. The van der Waals surface area contributed by atoms with Crippen LogP contribution in [0.15, 0.2) is 67.3 Å². The summed E-state index contributed by atoms with van der Waals surface area (Å²) >= 11 is 6.52. The van der Waals surface area contributed by atoms with Gasteiger partial charge in [0.1, 0.15) is 11.9 Å². The van der Waals surface area contributed by atoms with E-state index in [2.05, 4.69) is 25.3 Å². The first-order chi connectivity index (χ1) is 16.2. The largest absolute Gasteiger partial charge is 0.371 e. The number of nitrogens with zero attached hydrogens (tertiary/aromatic N) is 5. The molecule has 0 amide bonds. The van der Waals surface area contributed by atoms with Crippen LogP contribution in [0.5, 0.6) is 0 Å². The van der Waals surface area contributed by atoms with Gasteiger partial charge in [0, 0.05) is 42.5 Å². The molecule has 5 aromatic rings. The van der Waals surface area contributed by atoms with Gasteiger partial charge < -0.3 is 9.88 Å². The molecule has 33 heavy (non-hydrogen) atoms. The van der Waals surface area contributed by atoms with Gasteiger partial charge in [-0.05, 0) is 42.7 Å². The average Bonchev–Trinajstić information content (AvgIpc) is 3.48. The average molecular weight is 455 g/mol. The number of nitrogens with one attached hydrogen (secondary N) is 1. The third-order valence-electron chi connectivity index (χ3n) is 6.00. The Hall–Kier alpha value is -3.82. The van der Waals surface area contributed by atoms with Gasteiger partial charge in [0.15, 0.2) is 5.65 Å². The summed E-state index contributed by atoms with van der Waals surface area (Å²) in [6.45, 7) is 3.64. The summed E-state index contributed by atoms with van der Waals surface area (Å²) in [6, 6.07) is 18.3. The molecule has 0 aliphatic rings. The highest BCUT2D eigenvalue weighted by Crippen LogP contribution is 2.33. The molecule has 0 saturated carbocycles. The molecule has 7 heteroatoms. The second-order valence-corrected chi connectivity index (χ2v) is 8.45. The predicted octanol–water partition coefficient (Wildman–Crippen LogP) is 5.61. The lowest BCUT2D eigenvalue weighted by molar-refractivity contribution is 0.659. The lowest BCUT2D eigenvalue weighted by Gasteiger charge is -2.19. The zero-order valence-electron chi connectivity index (χ0n) is 18.3. The van der Waals surface area contributed by atoms with Gasteiger partial charge in [-0.3, -0.25) is 4.40 Å². The lowest BCUT2D eigenvalue weighted by atomic mass is 9.97. The Bertz CT molecular complexity index is 1480. The van der Waals surface area contributed by atoms with E-state index in [4.69, 9.17) is 16.6 Å². The number of anilines is 1. The molecule has 0 radical (unpaired) electrons. The minimum atomic E-state index is 0.595. The first kappa shape index (κ1) is 21.0. The van der Waals surface area contributed by atoms with E-state index in [0.29, 0.717) is 17.6 Å². The van der Waals surface area contributed by atoms with E-state index in [-0.39, 0.29) is 0 Å². The van der Waals surface area contributed by atoms with Crippen molar-refractivity contribution >= 4 is 34.1 Å². The maximum atomic E-state index is 10.0.